The number of anilines is 1. The number of nitrogens with two attached hydrogens (primary N) is 2. The van der Waals surface area contributed by atoms with Crippen molar-refractivity contribution in [2.45, 2.75) is 6.18 Å². The number of nitrogens with zero attached hydrogens (tertiary/aromatic N) is 2. The summed E-state index contributed by atoms with van der Waals surface area (Å²) in [5, 5.41) is 0.438. The van der Waals surface area contributed by atoms with Crippen molar-refractivity contribution < 1.29 is 22.4 Å². The number of hydrogen-bond donors (Lipinski definition) is 3. The second kappa shape index (κ2) is 7.28. The number of urea groups is 1. The van der Waals surface area contributed by atoms with Crippen molar-refractivity contribution in [2.75, 3.05) is 5.01 Å². The number of nitrogens with one attached hydrogen (secondary N) is 1. The Hall–Kier alpha value is -2.98. The Morgan fingerprint density at radius 3 is 2.56 bits per heavy atom. The fourth-order valence-corrected chi connectivity index (χ4v) is 2.05. The summed E-state index contributed by atoms with van der Waals surface area (Å²) in [7, 11) is 0. The topological polar surface area (TPSA) is 97.3 Å². The first-order chi connectivity index (χ1) is 11.7. The van der Waals surface area contributed by atoms with Crippen molar-refractivity contribution in [3.63, 3.8) is 0 Å². The van der Waals surface area contributed by atoms with Crippen LogP contribution in [0.15, 0.2) is 36.5 Å². The van der Waals surface area contributed by atoms with Crippen molar-refractivity contribution in [1.82, 2.24) is 10.4 Å². The van der Waals surface area contributed by atoms with E-state index in [1.807, 2.05) is 0 Å². The van der Waals surface area contributed by atoms with Gasteiger partial charge in [-0.2, -0.15) is 13.2 Å². The average Bonchev–Trinajstić information content (AvgIpc) is 2.57. The number of aromatic nitrogens is 1. The minimum absolute atomic E-state index is 0.0924. The molecule has 0 aliphatic heterocycles. The highest BCUT2D eigenvalue weighted by Crippen LogP contribution is 2.37. The van der Waals surface area contributed by atoms with Crippen LogP contribution in [-0.4, -0.2) is 11.0 Å². The van der Waals surface area contributed by atoms with Gasteiger partial charge in [0, 0.05) is 11.8 Å². The molecule has 6 nitrogen and oxygen atoms in total. The van der Waals surface area contributed by atoms with E-state index >= 15 is 0 Å². The van der Waals surface area contributed by atoms with E-state index in [0.29, 0.717) is 5.01 Å². The number of carbonyl (C=O) groups is 1. The summed E-state index contributed by atoms with van der Waals surface area (Å²) in [5.41, 5.74) is 0.146. The molecule has 1 heterocycles. The molecular formula is C15H13F4N5O. The van der Waals surface area contributed by atoms with Crippen LogP contribution in [0.1, 0.15) is 16.8 Å². The van der Waals surface area contributed by atoms with Gasteiger partial charge in [0.15, 0.2) is 0 Å². The molecule has 132 valence electrons. The van der Waals surface area contributed by atoms with E-state index in [0.717, 1.165) is 30.3 Å². The number of pyridine rings is 1. The van der Waals surface area contributed by atoms with Crippen molar-refractivity contribution in [3.8, 4) is 0 Å². The van der Waals surface area contributed by atoms with Gasteiger partial charge in [0.05, 0.1) is 16.9 Å². The zero-order valence-electron chi connectivity index (χ0n) is 12.6. The van der Waals surface area contributed by atoms with E-state index in [-0.39, 0.29) is 11.4 Å². The number of halogens is 4. The van der Waals surface area contributed by atoms with Gasteiger partial charge in [-0.15, -0.1) is 0 Å². The first kappa shape index (κ1) is 18.4. The van der Waals surface area contributed by atoms with Gasteiger partial charge in [-0.3, -0.25) is 10.4 Å². The molecule has 0 saturated heterocycles. The van der Waals surface area contributed by atoms with E-state index in [4.69, 9.17) is 11.7 Å². The second-order valence-corrected chi connectivity index (χ2v) is 4.79. The summed E-state index contributed by atoms with van der Waals surface area (Å²) in [6.45, 7) is 0. The Bertz CT molecular complexity index is 807. The lowest BCUT2D eigenvalue weighted by molar-refractivity contribution is -0.137. The number of benzene rings is 1. The quantitative estimate of drug-likeness (QED) is 0.341. The van der Waals surface area contributed by atoms with E-state index in [2.05, 4.69) is 4.98 Å². The minimum Gasteiger partial charge on any atom is -0.274 e. The maximum atomic E-state index is 13.3. The van der Waals surface area contributed by atoms with Crippen LogP contribution >= 0.6 is 0 Å². The Morgan fingerprint density at radius 1 is 1.24 bits per heavy atom. The molecule has 0 spiro atoms. The molecule has 2 aromatic rings. The molecule has 1 aromatic carbocycles. The van der Waals surface area contributed by atoms with Gasteiger partial charge in [-0.1, -0.05) is 12.1 Å². The standard InChI is InChI=1S/C15H13F4N5O/c16-9-6-7-22-10(8-9)4-5-11-12(15(17,18)19)2-1-3-13(11)24(21)14(25)23-20/h1-8H,20-21H2,(H,23,25)/b5-4+. The summed E-state index contributed by atoms with van der Waals surface area (Å²) < 4.78 is 53.0. The molecule has 0 aliphatic carbocycles. The highest BCUT2D eigenvalue weighted by molar-refractivity contribution is 5.94. The van der Waals surface area contributed by atoms with Gasteiger partial charge in [-0.05, 0) is 30.3 Å². The lowest BCUT2D eigenvalue weighted by atomic mass is 10.0. The second-order valence-electron chi connectivity index (χ2n) is 4.79. The molecule has 0 atom stereocenters. The van der Waals surface area contributed by atoms with Gasteiger partial charge < -0.3 is 0 Å². The highest BCUT2D eigenvalue weighted by Gasteiger charge is 2.34. The largest absolute Gasteiger partial charge is 0.417 e. The summed E-state index contributed by atoms with van der Waals surface area (Å²) in [4.78, 5) is 15.4. The van der Waals surface area contributed by atoms with E-state index in [1.165, 1.54) is 18.3 Å². The van der Waals surface area contributed by atoms with Crippen molar-refractivity contribution >= 4 is 23.9 Å². The van der Waals surface area contributed by atoms with Gasteiger partial charge in [-0.25, -0.2) is 25.9 Å². The Balaban J connectivity index is 2.57. The van der Waals surface area contributed by atoms with Crippen molar-refractivity contribution in [2.24, 2.45) is 11.7 Å². The van der Waals surface area contributed by atoms with E-state index in [9.17, 15) is 22.4 Å². The molecule has 0 aliphatic rings. The Morgan fingerprint density at radius 2 is 1.96 bits per heavy atom. The van der Waals surface area contributed by atoms with Gasteiger partial charge >= 0.3 is 12.2 Å². The van der Waals surface area contributed by atoms with Crippen LogP contribution in [0.25, 0.3) is 12.2 Å². The van der Waals surface area contributed by atoms with Crippen LogP contribution in [0.5, 0.6) is 0 Å². The third-order valence-electron chi connectivity index (χ3n) is 3.15. The molecule has 0 fully saturated rings. The predicted octanol–water partition coefficient (Wildman–Crippen LogP) is 2.67. The molecule has 0 unspecified atom stereocenters. The normalized spacial score (nSPS) is 11.6. The zero-order valence-corrected chi connectivity index (χ0v) is 12.6. The molecule has 0 saturated carbocycles. The van der Waals surface area contributed by atoms with Crippen LogP contribution in [0.2, 0.25) is 0 Å². The average molecular weight is 355 g/mol. The zero-order chi connectivity index (χ0) is 18.6. The first-order valence-electron chi connectivity index (χ1n) is 6.79. The summed E-state index contributed by atoms with van der Waals surface area (Å²) in [6, 6.07) is 4.26. The van der Waals surface area contributed by atoms with E-state index in [1.54, 1.807) is 5.43 Å². The number of hydrazine groups is 2. The molecule has 2 amide bonds. The number of hydrogen-bond acceptors (Lipinski definition) is 4. The van der Waals surface area contributed by atoms with Crippen LogP contribution in [0.4, 0.5) is 28.0 Å². The summed E-state index contributed by atoms with van der Waals surface area (Å²) in [6.07, 6.45) is -1.32. The fourth-order valence-electron chi connectivity index (χ4n) is 2.05. The molecular weight excluding hydrogens is 342 g/mol. The molecule has 10 heteroatoms. The van der Waals surface area contributed by atoms with Gasteiger partial charge in [0.1, 0.15) is 5.82 Å². The molecule has 5 N–H and O–H groups in total. The van der Waals surface area contributed by atoms with E-state index < -0.39 is 29.2 Å². The van der Waals surface area contributed by atoms with Crippen LogP contribution in [0.3, 0.4) is 0 Å². The third-order valence-corrected chi connectivity index (χ3v) is 3.15. The maximum absolute atomic E-state index is 13.3. The minimum atomic E-state index is -4.70. The molecule has 0 radical (unpaired) electrons. The number of rotatable bonds is 3. The maximum Gasteiger partial charge on any atom is 0.417 e. The number of amides is 2. The van der Waals surface area contributed by atoms with Gasteiger partial charge in [0.2, 0.25) is 0 Å². The lowest BCUT2D eigenvalue weighted by Crippen LogP contribution is -2.48. The monoisotopic (exact) mass is 355 g/mol. The molecule has 1 aromatic heterocycles. The van der Waals surface area contributed by atoms with Crippen LogP contribution in [0, 0.1) is 5.82 Å². The Labute approximate surface area is 139 Å². The fraction of sp³-hybridized carbons (Fsp3) is 0.0667. The van der Waals surface area contributed by atoms with Crippen molar-refractivity contribution in [1.29, 1.82) is 0 Å². The number of carbonyl (C=O) groups excluding carboxylic acids is 1. The number of alkyl halides is 3. The smallest absolute Gasteiger partial charge is 0.274 e. The van der Waals surface area contributed by atoms with Crippen molar-refractivity contribution in [3.05, 3.63) is 59.2 Å². The Kier molecular flexibility index (Phi) is 5.35. The SMILES string of the molecule is NNC(=O)N(N)c1cccc(C(F)(F)F)c1/C=C/c1cc(F)ccn1. The third kappa shape index (κ3) is 4.31. The first-order valence-corrected chi connectivity index (χ1v) is 6.79. The predicted molar refractivity (Wildman–Crippen MR) is 84.0 cm³/mol. The molecule has 25 heavy (non-hydrogen) atoms. The summed E-state index contributed by atoms with van der Waals surface area (Å²) >= 11 is 0. The summed E-state index contributed by atoms with van der Waals surface area (Å²) in [5.74, 6) is 9.88. The molecule has 0 bridgehead atoms. The highest BCUT2D eigenvalue weighted by atomic mass is 19.4. The van der Waals surface area contributed by atoms with Crippen LogP contribution in [-0.2, 0) is 6.18 Å². The van der Waals surface area contributed by atoms with Crippen LogP contribution < -0.4 is 22.1 Å². The van der Waals surface area contributed by atoms with Gasteiger partial charge in [0.25, 0.3) is 0 Å². The lowest BCUT2D eigenvalue weighted by Gasteiger charge is -2.21. The molecule has 2 rings (SSSR count).